The maximum Gasteiger partial charge on any atom is 0.00644 e. The number of benzene rings is 1. The van der Waals surface area contributed by atoms with Gasteiger partial charge in [-0.1, -0.05) is 12.1 Å². The van der Waals surface area contributed by atoms with E-state index < -0.39 is 0 Å². The van der Waals surface area contributed by atoms with Gasteiger partial charge in [0.15, 0.2) is 0 Å². The lowest BCUT2D eigenvalue weighted by molar-refractivity contribution is 0.358. The molecule has 1 aromatic rings. The van der Waals surface area contributed by atoms with Crippen LogP contribution in [0.2, 0.25) is 0 Å². The van der Waals surface area contributed by atoms with E-state index in [1.54, 1.807) is 5.56 Å². The van der Waals surface area contributed by atoms with Crippen molar-refractivity contribution in [2.45, 2.75) is 58.4 Å². The molecule has 0 bridgehead atoms. The first-order valence-electron chi connectivity index (χ1n) is 6.87. The minimum Gasteiger partial charge on any atom is -0.317 e. The molecule has 1 fully saturated rings. The van der Waals surface area contributed by atoms with Crippen LogP contribution in [0.4, 0.5) is 0 Å². The van der Waals surface area contributed by atoms with E-state index in [2.05, 4.69) is 45.3 Å². The summed E-state index contributed by atoms with van der Waals surface area (Å²) in [4.78, 5) is 0. The average Bonchev–Trinajstić information content (AvgIpc) is 2.34. The molecule has 0 spiro atoms. The molecule has 1 saturated carbocycles. The molecule has 2 rings (SSSR count). The maximum atomic E-state index is 3.41. The summed E-state index contributed by atoms with van der Waals surface area (Å²) in [6.45, 7) is 6.72. The van der Waals surface area contributed by atoms with Gasteiger partial charge in [0.25, 0.3) is 0 Å². The quantitative estimate of drug-likeness (QED) is 0.815. The zero-order chi connectivity index (χ0) is 12.4. The van der Waals surface area contributed by atoms with Crippen LogP contribution < -0.4 is 5.32 Å². The smallest absolute Gasteiger partial charge is 0.00644 e. The van der Waals surface area contributed by atoms with Gasteiger partial charge in [0.1, 0.15) is 0 Å². The Labute approximate surface area is 106 Å². The van der Waals surface area contributed by atoms with Crippen molar-refractivity contribution >= 4 is 0 Å². The fraction of sp³-hybridized carbons (Fsp3) is 0.625. The lowest BCUT2D eigenvalue weighted by Gasteiger charge is -2.29. The van der Waals surface area contributed by atoms with Crippen molar-refractivity contribution in [1.29, 1.82) is 0 Å². The topological polar surface area (TPSA) is 12.0 Å². The van der Waals surface area contributed by atoms with Crippen LogP contribution in [0.3, 0.4) is 0 Å². The van der Waals surface area contributed by atoms with E-state index in [0.717, 1.165) is 12.0 Å². The van der Waals surface area contributed by atoms with Crippen LogP contribution in [0.5, 0.6) is 0 Å². The minimum absolute atomic E-state index is 0.748. The Balaban J connectivity index is 2.16. The summed E-state index contributed by atoms with van der Waals surface area (Å²) >= 11 is 0. The molecule has 0 atom stereocenters. The van der Waals surface area contributed by atoms with Crippen molar-refractivity contribution < 1.29 is 0 Å². The Hall–Kier alpha value is -0.820. The van der Waals surface area contributed by atoms with Gasteiger partial charge in [-0.05, 0) is 81.7 Å². The third-order valence-electron chi connectivity index (χ3n) is 4.46. The SMILES string of the molecule is CNC1CCC(c2cc(C)c(C)cc2C)CC1. The van der Waals surface area contributed by atoms with Crippen molar-refractivity contribution in [1.82, 2.24) is 5.32 Å². The Morgan fingerprint density at radius 2 is 1.47 bits per heavy atom. The van der Waals surface area contributed by atoms with E-state index in [9.17, 15) is 0 Å². The Kier molecular flexibility index (Phi) is 3.88. The van der Waals surface area contributed by atoms with Gasteiger partial charge in [0.05, 0.1) is 0 Å². The van der Waals surface area contributed by atoms with Crippen LogP contribution in [0, 0.1) is 20.8 Å². The first kappa shape index (κ1) is 12.6. The van der Waals surface area contributed by atoms with Gasteiger partial charge < -0.3 is 5.32 Å². The molecule has 1 aromatic carbocycles. The highest BCUT2D eigenvalue weighted by Gasteiger charge is 2.22. The zero-order valence-corrected chi connectivity index (χ0v) is 11.6. The summed E-state index contributed by atoms with van der Waals surface area (Å²) < 4.78 is 0. The molecule has 1 aliphatic rings. The number of rotatable bonds is 2. The second-order valence-corrected chi connectivity index (χ2v) is 5.63. The molecule has 0 aliphatic heterocycles. The normalized spacial score (nSPS) is 24.9. The molecule has 0 amide bonds. The van der Waals surface area contributed by atoms with E-state index in [1.807, 2.05) is 0 Å². The second kappa shape index (κ2) is 5.22. The lowest BCUT2D eigenvalue weighted by atomic mass is 9.79. The van der Waals surface area contributed by atoms with E-state index in [1.165, 1.54) is 42.4 Å². The van der Waals surface area contributed by atoms with Crippen molar-refractivity contribution in [2.75, 3.05) is 7.05 Å². The second-order valence-electron chi connectivity index (χ2n) is 5.63. The molecule has 0 unspecified atom stereocenters. The maximum absolute atomic E-state index is 3.41. The molecular weight excluding hydrogens is 206 g/mol. The van der Waals surface area contributed by atoms with E-state index in [4.69, 9.17) is 0 Å². The highest BCUT2D eigenvalue weighted by atomic mass is 14.9. The molecule has 0 saturated heterocycles. The molecule has 1 aliphatic carbocycles. The van der Waals surface area contributed by atoms with Crippen LogP contribution in [0.1, 0.15) is 53.9 Å². The third kappa shape index (κ3) is 2.71. The molecule has 1 nitrogen and oxygen atoms in total. The van der Waals surface area contributed by atoms with Crippen LogP contribution in [-0.4, -0.2) is 13.1 Å². The number of hydrogen-bond donors (Lipinski definition) is 1. The molecule has 1 heteroatoms. The number of hydrogen-bond acceptors (Lipinski definition) is 1. The van der Waals surface area contributed by atoms with Gasteiger partial charge >= 0.3 is 0 Å². The van der Waals surface area contributed by atoms with Gasteiger partial charge in [0, 0.05) is 6.04 Å². The zero-order valence-electron chi connectivity index (χ0n) is 11.6. The molecule has 0 heterocycles. The summed E-state index contributed by atoms with van der Waals surface area (Å²) in [6.07, 6.45) is 5.34. The molecule has 1 N–H and O–H groups in total. The Morgan fingerprint density at radius 3 is 2.06 bits per heavy atom. The monoisotopic (exact) mass is 231 g/mol. The summed E-state index contributed by atoms with van der Waals surface area (Å²) in [5, 5.41) is 3.41. The van der Waals surface area contributed by atoms with Crippen LogP contribution in [0.15, 0.2) is 12.1 Å². The van der Waals surface area contributed by atoms with E-state index in [-0.39, 0.29) is 0 Å². The third-order valence-corrected chi connectivity index (χ3v) is 4.46. The summed E-state index contributed by atoms with van der Waals surface area (Å²) in [5.74, 6) is 0.791. The van der Waals surface area contributed by atoms with Gasteiger partial charge in [-0.3, -0.25) is 0 Å². The van der Waals surface area contributed by atoms with Crippen molar-refractivity contribution in [3.05, 3.63) is 34.4 Å². The standard InChI is InChI=1S/C16H25N/c1-11-9-13(3)16(10-12(11)2)14-5-7-15(17-4)8-6-14/h9-10,14-15,17H,5-8H2,1-4H3. The first-order chi connectivity index (χ1) is 8.11. The highest BCUT2D eigenvalue weighted by Crippen LogP contribution is 2.35. The van der Waals surface area contributed by atoms with E-state index in [0.29, 0.717) is 0 Å². The van der Waals surface area contributed by atoms with Crippen LogP contribution in [0.25, 0.3) is 0 Å². The highest BCUT2D eigenvalue weighted by molar-refractivity contribution is 5.38. The van der Waals surface area contributed by atoms with Crippen LogP contribution in [-0.2, 0) is 0 Å². The van der Waals surface area contributed by atoms with Gasteiger partial charge in [-0.2, -0.15) is 0 Å². The van der Waals surface area contributed by atoms with Crippen molar-refractivity contribution in [3.8, 4) is 0 Å². The molecule has 94 valence electrons. The average molecular weight is 231 g/mol. The van der Waals surface area contributed by atoms with Gasteiger partial charge in [-0.25, -0.2) is 0 Å². The molecule has 0 aromatic heterocycles. The summed E-state index contributed by atoms with van der Waals surface area (Å²) in [6, 6.07) is 5.53. The molecule has 17 heavy (non-hydrogen) atoms. The van der Waals surface area contributed by atoms with Gasteiger partial charge in [0.2, 0.25) is 0 Å². The summed E-state index contributed by atoms with van der Waals surface area (Å²) in [5.41, 5.74) is 5.96. The molecule has 0 radical (unpaired) electrons. The predicted molar refractivity (Wildman–Crippen MR) is 74.7 cm³/mol. The lowest BCUT2D eigenvalue weighted by Crippen LogP contribution is -2.29. The Morgan fingerprint density at radius 1 is 0.882 bits per heavy atom. The van der Waals surface area contributed by atoms with Crippen LogP contribution >= 0.6 is 0 Å². The van der Waals surface area contributed by atoms with Crippen molar-refractivity contribution in [2.24, 2.45) is 0 Å². The fourth-order valence-electron chi connectivity index (χ4n) is 3.12. The largest absolute Gasteiger partial charge is 0.317 e. The van der Waals surface area contributed by atoms with Gasteiger partial charge in [-0.15, -0.1) is 0 Å². The number of aryl methyl sites for hydroxylation is 3. The number of nitrogens with one attached hydrogen (secondary N) is 1. The van der Waals surface area contributed by atoms with Crippen molar-refractivity contribution in [3.63, 3.8) is 0 Å². The summed E-state index contributed by atoms with van der Waals surface area (Å²) in [7, 11) is 2.09. The molecular formula is C16H25N. The predicted octanol–water partition coefficient (Wildman–Crippen LogP) is 3.86. The minimum atomic E-state index is 0.748. The van der Waals surface area contributed by atoms with E-state index >= 15 is 0 Å². The fourth-order valence-corrected chi connectivity index (χ4v) is 3.12. The first-order valence-corrected chi connectivity index (χ1v) is 6.87. The Bertz CT molecular complexity index is 387.